The summed E-state index contributed by atoms with van der Waals surface area (Å²) >= 11 is 0. The molecule has 1 unspecified atom stereocenters. The molecule has 1 saturated heterocycles. The number of nitrogens with one attached hydrogen (secondary N) is 1. The lowest BCUT2D eigenvalue weighted by atomic mass is 10.1. The molecule has 1 atom stereocenters. The standard InChI is InChI=1S/C16H20N4/c1-2-6-14(7-3-1)12-17-15-8-5-11-20(13-15)16-9-4-10-18-19-16/h1-4,6-7,9-10,15,17H,5,8,11-13H2. The highest BCUT2D eigenvalue weighted by atomic mass is 15.3. The van der Waals surface area contributed by atoms with Gasteiger partial charge in [0.25, 0.3) is 0 Å². The Morgan fingerprint density at radius 1 is 1.15 bits per heavy atom. The van der Waals surface area contributed by atoms with Crippen LogP contribution in [-0.4, -0.2) is 29.3 Å². The summed E-state index contributed by atoms with van der Waals surface area (Å²) in [6.07, 6.45) is 4.14. The minimum Gasteiger partial charge on any atom is -0.354 e. The van der Waals surface area contributed by atoms with Gasteiger partial charge in [0.05, 0.1) is 0 Å². The molecular weight excluding hydrogens is 248 g/mol. The third kappa shape index (κ3) is 3.33. The summed E-state index contributed by atoms with van der Waals surface area (Å²) < 4.78 is 0. The Labute approximate surface area is 119 Å². The minimum absolute atomic E-state index is 0.519. The summed E-state index contributed by atoms with van der Waals surface area (Å²) in [4.78, 5) is 2.32. The van der Waals surface area contributed by atoms with E-state index in [0.29, 0.717) is 6.04 Å². The molecule has 2 aromatic rings. The lowest BCUT2D eigenvalue weighted by Gasteiger charge is -2.33. The van der Waals surface area contributed by atoms with E-state index in [0.717, 1.165) is 25.5 Å². The number of nitrogens with zero attached hydrogens (tertiary/aromatic N) is 3. The van der Waals surface area contributed by atoms with Gasteiger partial charge in [-0.05, 0) is 30.5 Å². The summed E-state index contributed by atoms with van der Waals surface area (Å²) in [6, 6.07) is 15.1. The maximum absolute atomic E-state index is 4.20. The van der Waals surface area contributed by atoms with Gasteiger partial charge in [-0.1, -0.05) is 30.3 Å². The number of rotatable bonds is 4. The van der Waals surface area contributed by atoms with Crippen LogP contribution >= 0.6 is 0 Å². The Kier molecular flexibility index (Phi) is 4.23. The fraction of sp³-hybridized carbons (Fsp3) is 0.375. The van der Waals surface area contributed by atoms with Crippen molar-refractivity contribution in [1.29, 1.82) is 0 Å². The molecule has 0 aliphatic carbocycles. The van der Waals surface area contributed by atoms with Gasteiger partial charge in [-0.2, -0.15) is 5.10 Å². The molecule has 3 rings (SSSR count). The normalized spacial score (nSPS) is 19.0. The zero-order chi connectivity index (χ0) is 13.6. The molecular formula is C16H20N4. The summed E-state index contributed by atoms with van der Waals surface area (Å²) in [7, 11) is 0. The first-order valence-corrected chi connectivity index (χ1v) is 7.22. The fourth-order valence-corrected chi connectivity index (χ4v) is 2.67. The SMILES string of the molecule is c1ccc(CNC2CCCN(c3cccnn3)C2)cc1. The number of hydrogen-bond donors (Lipinski definition) is 1. The molecule has 20 heavy (non-hydrogen) atoms. The first kappa shape index (κ1) is 13.1. The zero-order valence-electron chi connectivity index (χ0n) is 11.6. The van der Waals surface area contributed by atoms with Crippen LogP contribution in [-0.2, 0) is 6.54 Å². The van der Waals surface area contributed by atoms with Gasteiger partial charge < -0.3 is 10.2 Å². The van der Waals surface area contributed by atoms with Gasteiger partial charge >= 0.3 is 0 Å². The predicted molar refractivity (Wildman–Crippen MR) is 80.5 cm³/mol. The number of benzene rings is 1. The number of hydrogen-bond acceptors (Lipinski definition) is 4. The van der Waals surface area contributed by atoms with Crippen LogP contribution in [0.4, 0.5) is 5.82 Å². The molecule has 1 aromatic heterocycles. The molecule has 0 spiro atoms. The van der Waals surface area contributed by atoms with Gasteiger partial charge in [0.15, 0.2) is 5.82 Å². The maximum Gasteiger partial charge on any atom is 0.151 e. The van der Waals surface area contributed by atoms with Gasteiger partial charge in [-0.3, -0.25) is 0 Å². The summed E-state index contributed by atoms with van der Waals surface area (Å²) in [6.45, 7) is 3.01. The summed E-state index contributed by atoms with van der Waals surface area (Å²) in [5.41, 5.74) is 1.34. The maximum atomic E-state index is 4.20. The first-order valence-electron chi connectivity index (χ1n) is 7.22. The Morgan fingerprint density at radius 2 is 2.05 bits per heavy atom. The molecule has 0 amide bonds. The van der Waals surface area contributed by atoms with Crippen LogP contribution < -0.4 is 10.2 Å². The van der Waals surface area contributed by atoms with Crippen LogP contribution in [0.1, 0.15) is 18.4 Å². The molecule has 1 aliphatic rings. The number of piperidine rings is 1. The Balaban J connectivity index is 1.56. The third-order valence-electron chi connectivity index (χ3n) is 3.74. The van der Waals surface area contributed by atoms with Gasteiger partial charge in [-0.25, -0.2) is 0 Å². The van der Waals surface area contributed by atoms with E-state index in [1.165, 1.54) is 18.4 Å². The zero-order valence-corrected chi connectivity index (χ0v) is 11.6. The molecule has 0 radical (unpaired) electrons. The van der Waals surface area contributed by atoms with Crippen molar-refractivity contribution >= 4 is 5.82 Å². The second kappa shape index (κ2) is 6.48. The smallest absolute Gasteiger partial charge is 0.151 e. The average molecular weight is 268 g/mol. The van der Waals surface area contributed by atoms with E-state index in [4.69, 9.17) is 0 Å². The van der Waals surface area contributed by atoms with Gasteiger partial charge in [0.2, 0.25) is 0 Å². The van der Waals surface area contributed by atoms with E-state index in [1.54, 1.807) is 6.20 Å². The first-order chi connectivity index (χ1) is 9.92. The van der Waals surface area contributed by atoms with Gasteiger partial charge in [0.1, 0.15) is 0 Å². The predicted octanol–water partition coefficient (Wildman–Crippen LogP) is 2.24. The minimum atomic E-state index is 0.519. The van der Waals surface area contributed by atoms with Crippen molar-refractivity contribution in [3.63, 3.8) is 0 Å². The molecule has 4 heteroatoms. The van der Waals surface area contributed by atoms with Crippen LogP contribution in [0.25, 0.3) is 0 Å². The van der Waals surface area contributed by atoms with Crippen LogP contribution in [0, 0.1) is 0 Å². The molecule has 1 fully saturated rings. The van der Waals surface area contributed by atoms with Crippen LogP contribution in [0.3, 0.4) is 0 Å². The van der Waals surface area contributed by atoms with E-state index < -0.39 is 0 Å². The van der Waals surface area contributed by atoms with E-state index in [2.05, 4.69) is 50.7 Å². The quantitative estimate of drug-likeness (QED) is 0.923. The summed E-state index contributed by atoms with van der Waals surface area (Å²) in [5, 5.41) is 11.8. The molecule has 4 nitrogen and oxygen atoms in total. The van der Waals surface area contributed by atoms with Crippen LogP contribution in [0.15, 0.2) is 48.7 Å². The van der Waals surface area contributed by atoms with E-state index in [1.807, 2.05) is 12.1 Å². The number of anilines is 1. The van der Waals surface area contributed by atoms with Crippen molar-refractivity contribution < 1.29 is 0 Å². The molecule has 0 bridgehead atoms. The van der Waals surface area contributed by atoms with Gasteiger partial charge in [0, 0.05) is 31.9 Å². The third-order valence-corrected chi connectivity index (χ3v) is 3.74. The van der Waals surface area contributed by atoms with Gasteiger partial charge in [-0.15, -0.1) is 5.10 Å². The summed E-state index contributed by atoms with van der Waals surface area (Å²) in [5.74, 6) is 0.985. The second-order valence-corrected chi connectivity index (χ2v) is 5.23. The van der Waals surface area contributed by atoms with Crippen molar-refractivity contribution in [3.8, 4) is 0 Å². The van der Waals surface area contributed by atoms with E-state index >= 15 is 0 Å². The highest BCUT2D eigenvalue weighted by molar-refractivity contribution is 5.37. The molecule has 104 valence electrons. The lowest BCUT2D eigenvalue weighted by molar-refractivity contribution is 0.419. The Bertz CT molecular complexity index is 515. The Morgan fingerprint density at radius 3 is 2.85 bits per heavy atom. The number of aromatic nitrogens is 2. The van der Waals surface area contributed by atoms with Crippen LogP contribution in [0.2, 0.25) is 0 Å². The topological polar surface area (TPSA) is 41.0 Å². The average Bonchev–Trinajstić information content (AvgIpc) is 2.55. The Hall–Kier alpha value is -1.94. The monoisotopic (exact) mass is 268 g/mol. The van der Waals surface area contributed by atoms with Crippen molar-refractivity contribution in [2.75, 3.05) is 18.0 Å². The molecule has 1 aliphatic heterocycles. The van der Waals surface area contributed by atoms with Crippen molar-refractivity contribution in [1.82, 2.24) is 15.5 Å². The van der Waals surface area contributed by atoms with Crippen molar-refractivity contribution in [3.05, 3.63) is 54.2 Å². The fourth-order valence-electron chi connectivity index (χ4n) is 2.67. The molecule has 0 saturated carbocycles. The molecule has 1 N–H and O–H groups in total. The highest BCUT2D eigenvalue weighted by Crippen LogP contribution is 2.17. The second-order valence-electron chi connectivity index (χ2n) is 5.23. The largest absolute Gasteiger partial charge is 0.354 e. The molecule has 2 heterocycles. The van der Waals surface area contributed by atoms with E-state index in [-0.39, 0.29) is 0 Å². The lowest BCUT2D eigenvalue weighted by Crippen LogP contribution is -2.45. The van der Waals surface area contributed by atoms with Crippen molar-refractivity contribution in [2.45, 2.75) is 25.4 Å². The van der Waals surface area contributed by atoms with Crippen LogP contribution in [0.5, 0.6) is 0 Å². The van der Waals surface area contributed by atoms with Crippen molar-refractivity contribution in [2.24, 2.45) is 0 Å². The highest BCUT2D eigenvalue weighted by Gasteiger charge is 2.20. The van der Waals surface area contributed by atoms with E-state index in [9.17, 15) is 0 Å². The molecule has 1 aromatic carbocycles.